The summed E-state index contributed by atoms with van der Waals surface area (Å²) in [6.45, 7) is 4.91. The van der Waals surface area contributed by atoms with Crippen molar-refractivity contribution in [3.63, 3.8) is 0 Å². The van der Waals surface area contributed by atoms with Crippen molar-refractivity contribution in [2.45, 2.75) is 31.7 Å². The highest BCUT2D eigenvalue weighted by molar-refractivity contribution is 7.98. The van der Waals surface area contributed by atoms with Gasteiger partial charge in [0.05, 0.1) is 17.4 Å². The molecule has 120 valence electrons. The van der Waals surface area contributed by atoms with E-state index in [1.54, 1.807) is 11.8 Å². The molecule has 0 saturated heterocycles. The van der Waals surface area contributed by atoms with Crippen molar-refractivity contribution in [2.24, 2.45) is 0 Å². The number of aromatic nitrogens is 3. The Bertz CT molecular complexity index is 791. The van der Waals surface area contributed by atoms with Gasteiger partial charge in [-0.05, 0) is 37.9 Å². The van der Waals surface area contributed by atoms with Crippen LogP contribution in [0.5, 0.6) is 0 Å². The highest BCUT2D eigenvalue weighted by atomic mass is 32.2. The lowest BCUT2D eigenvalue weighted by Gasteiger charge is -2.19. The molecule has 3 aromatic rings. The molecule has 0 N–H and O–H groups in total. The van der Waals surface area contributed by atoms with Gasteiger partial charge in [0.15, 0.2) is 5.16 Å². The maximum atomic E-state index is 4.50. The lowest BCUT2D eigenvalue weighted by Crippen LogP contribution is -2.19. The number of rotatable bonds is 6. The normalized spacial score (nSPS) is 11.5. The van der Waals surface area contributed by atoms with Crippen LogP contribution in [-0.4, -0.2) is 32.7 Å². The Balaban J connectivity index is 1.79. The molecule has 5 heteroatoms. The minimum atomic E-state index is 0.887. The Kier molecular flexibility index (Phi) is 4.98. The standard InChI is InChI=1S/C18H22N4S/c1-4-22-15(11-20-18(22)23-3)13-21(2)12-14-7-5-9-17-16(14)8-6-10-19-17/h5-11H,4,12-13H2,1-3H3. The molecule has 2 heterocycles. The Morgan fingerprint density at radius 2 is 2.00 bits per heavy atom. The molecule has 0 fully saturated rings. The molecule has 0 aliphatic rings. The van der Waals surface area contributed by atoms with E-state index in [2.05, 4.69) is 63.9 Å². The summed E-state index contributed by atoms with van der Waals surface area (Å²) in [6.07, 6.45) is 5.92. The van der Waals surface area contributed by atoms with Crippen molar-refractivity contribution in [1.82, 2.24) is 19.4 Å². The zero-order chi connectivity index (χ0) is 16.2. The first-order valence-electron chi connectivity index (χ1n) is 7.82. The van der Waals surface area contributed by atoms with E-state index < -0.39 is 0 Å². The number of fused-ring (bicyclic) bond motifs is 1. The van der Waals surface area contributed by atoms with Crippen LogP contribution in [0.15, 0.2) is 47.9 Å². The first kappa shape index (κ1) is 16.0. The highest BCUT2D eigenvalue weighted by Gasteiger charge is 2.11. The second-order valence-corrected chi connectivity index (χ2v) is 6.41. The van der Waals surface area contributed by atoms with Crippen LogP contribution in [0.1, 0.15) is 18.2 Å². The number of hydrogen-bond donors (Lipinski definition) is 0. The first-order valence-corrected chi connectivity index (χ1v) is 9.05. The van der Waals surface area contributed by atoms with E-state index in [1.807, 2.05) is 18.5 Å². The minimum absolute atomic E-state index is 0.887. The summed E-state index contributed by atoms with van der Waals surface area (Å²) in [7, 11) is 2.15. The van der Waals surface area contributed by atoms with E-state index in [9.17, 15) is 0 Å². The third-order valence-corrected chi connectivity index (χ3v) is 4.70. The summed E-state index contributed by atoms with van der Waals surface area (Å²) >= 11 is 1.70. The number of thioether (sulfide) groups is 1. The third kappa shape index (κ3) is 3.41. The van der Waals surface area contributed by atoms with E-state index in [4.69, 9.17) is 0 Å². The zero-order valence-electron chi connectivity index (χ0n) is 13.9. The average Bonchev–Trinajstić information content (AvgIpc) is 2.96. The molecule has 0 unspecified atom stereocenters. The van der Waals surface area contributed by atoms with Gasteiger partial charge in [-0.1, -0.05) is 30.0 Å². The van der Waals surface area contributed by atoms with Crippen molar-refractivity contribution in [1.29, 1.82) is 0 Å². The summed E-state index contributed by atoms with van der Waals surface area (Å²) in [6, 6.07) is 10.5. The van der Waals surface area contributed by atoms with Crippen LogP contribution in [0.25, 0.3) is 10.9 Å². The summed E-state index contributed by atoms with van der Waals surface area (Å²) < 4.78 is 2.28. The smallest absolute Gasteiger partial charge is 0.167 e. The van der Waals surface area contributed by atoms with Crippen molar-refractivity contribution < 1.29 is 0 Å². The van der Waals surface area contributed by atoms with Gasteiger partial charge in [-0.15, -0.1) is 0 Å². The van der Waals surface area contributed by atoms with Crippen LogP contribution >= 0.6 is 11.8 Å². The fourth-order valence-corrected chi connectivity index (χ4v) is 3.57. The molecule has 0 saturated carbocycles. The van der Waals surface area contributed by atoms with E-state index in [1.165, 1.54) is 16.6 Å². The lowest BCUT2D eigenvalue weighted by molar-refractivity contribution is 0.309. The molecule has 0 bridgehead atoms. The van der Waals surface area contributed by atoms with E-state index >= 15 is 0 Å². The number of hydrogen-bond acceptors (Lipinski definition) is 4. The van der Waals surface area contributed by atoms with Gasteiger partial charge in [0.2, 0.25) is 0 Å². The molecule has 0 radical (unpaired) electrons. The fourth-order valence-electron chi connectivity index (χ4n) is 2.95. The van der Waals surface area contributed by atoms with Crippen LogP contribution < -0.4 is 0 Å². The molecule has 0 aliphatic heterocycles. The molecule has 0 spiro atoms. The fraction of sp³-hybridized carbons (Fsp3) is 0.333. The Morgan fingerprint density at radius 1 is 1.13 bits per heavy atom. The molecular weight excluding hydrogens is 304 g/mol. The van der Waals surface area contributed by atoms with E-state index in [0.717, 1.165) is 30.3 Å². The number of nitrogens with zero attached hydrogens (tertiary/aromatic N) is 4. The second-order valence-electron chi connectivity index (χ2n) is 5.64. The number of pyridine rings is 1. The average molecular weight is 326 g/mol. The molecule has 0 aliphatic carbocycles. The quantitative estimate of drug-likeness (QED) is 0.645. The van der Waals surface area contributed by atoms with Crippen LogP contribution in [0.4, 0.5) is 0 Å². The van der Waals surface area contributed by atoms with Crippen molar-refractivity contribution in [3.05, 3.63) is 54.0 Å². The van der Waals surface area contributed by atoms with Gasteiger partial charge in [0, 0.05) is 31.2 Å². The first-order chi connectivity index (χ1) is 11.2. The maximum Gasteiger partial charge on any atom is 0.167 e. The molecule has 23 heavy (non-hydrogen) atoms. The molecular formula is C18H22N4S. The zero-order valence-corrected chi connectivity index (χ0v) is 14.7. The topological polar surface area (TPSA) is 34.0 Å². The van der Waals surface area contributed by atoms with Crippen molar-refractivity contribution >= 4 is 22.7 Å². The number of benzene rings is 1. The molecule has 0 amide bonds. The molecule has 3 rings (SSSR count). The van der Waals surface area contributed by atoms with Crippen LogP contribution in [0.2, 0.25) is 0 Å². The highest BCUT2D eigenvalue weighted by Crippen LogP contribution is 2.20. The predicted molar refractivity (Wildman–Crippen MR) is 96.6 cm³/mol. The molecule has 4 nitrogen and oxygen atoms in total. The van der Waals surface area contributed by atoms with Gasteiger partial charge in [0.25, 0.3) is 0 Å². The SMILES string of the molecule is CCn1c(CN(C)Cc2cccc3ncccc23)cnc1SC. The predicted octanol–water partition coefficient (Wildman–Crippen LogP) is 3.81. The third-order valence-electron chi connectivity index (χ3n) is 4.01. The minimum Gasteiger partial charge on any atom is -0.322 e. The van der Waals surface area contributed by atoms with Gasteiger partial charge in [-0.2, -0.15) is 0 Å². The second kappa shape index (κ2) is 7.15. The van der Waals surface area contributed by atoms with Crippen molar-refractivity contribution in [2.75, 3.05) is 13.3 Å². The van der Waals surface area contributed by atoms with Gasteiger partial charge >= 0.3 is 0 Å². The Hall–Kier alpha value is -1.85. The van der Waals surface area contributed by atoms with Gasteiger partial charge in [-0.25, -0.2) is 4.98 Å². The maximum absolute atomic E-state index is 4.50. The summed E-state index contributed by atoms with van der Waals surface area (Å²) in [5.41, 5.74) is 3.63. The monoisotopic (exact) mass is 326 g/mol. The van der Waals surface area contributed by atoms with Crippen LogP contribution in [-0.2, 0) is 19.6 Å². The lowest BCUT2D eigenvalue weighted by atomic mass is 10.1. The number of imidazole rings is 1. The molecule has 0 atom stereocenters. The van der Waals surface area contributed by atoms with Gasteiger partial charge < -0.3 is 4.57 Å². The molecule has 2 aromatic heterocycles. The Labute approximate surface area is 141 Å². The largest absolute Gasteiger partial charge is 0.322 e. The van der Waals surface area contributed by atoms with Gasteiger partial charge in [0.1, 0.15) is 0 Å². The van der Waals surface area contributed by atoms with E-state index in [-0.39, 0.29) is 0 Å². The molecule has 1 aromatic carbocycles. The summed E-state index contributed by atoms with van der Waals surface area (Å²) in [4.78, 5) is 11.3. The van der Waals surface area contributed by atoms with E-state index in [0.29, 0.717) is 0 Å². The Morgan fingerprint density at radius 3 is 2.78 bits per heavy atom. The summed E-state index contributed by atoms with van der Waals surface area (Å²) in [5.74, 6) is 0. The van der Waals surface area contributed by atoms with Crippen LogP contribution in [0.3, 0.4) is 0 Å². The van der Waals surface area contributed by atoms with Gasteiger partial charge in [-0.3, -0.25) is 9.88 Å². The van der Waals surface area contributed by atoms with Crippen LogP contribution in [0, 0.1) is 0 Å². The summed E-state index contributed by atoms with van der Waals surface area (Å²) in [5, 5.41) is 2.32. The van der Waals surface area contributed by atoms with Crippen molar-refractivity contribution in [3.8, 4) is 0 Å².